The van der Waals surface area contributed by atoms with Crippen LogP contribution in [0.1, 0.15) is 12.5 Å². The summed E-state index contributed by atoms with van der Waals surface area (Å²) in [6, 6.07) is 0.221. The lowest BCUT2D eigenvalue weighted by Crippen LogP contribution is -2.00. The van der Waals surface area contributed by atoms with Crippen LogP contribution >= 0.6 is 11.6 Å². The Labute approximate surface area is 81.9 Å². The summed E-state index contributed by atoms with van der Waals surface area (Å²) in [6.45, 7) is 1.96. The molecular formula is C8H11ClN2O2. The topological polar surface area (TPSA) is 44.2 Å². The molecule has 0 atom stereocenters. The Morgan fingerprint density at radius 3 is 2.38 bits per heavy atom. The van der Waals surface area contributed by atoms with Gasteiger partial charge >= 0.3 is 6.01 Å². The van der Waals surface area contributed by atoms with E-state index in [4.69, 9.17) is 21.1 Å². The summed E-state index contributed by atoms with van der Waals surface area (Å²) in [5.41, 5.74) is 0.796. The third-order valence-corrected chi connectivity index (χ3v) is 1.94. The highest BCUT2D eigenvalue weighted by atomic mass is 35.5. The standard InChI is InChI=1S/C8H11ClN2O2/c1-4-5-6(9)10-8(13-3)11-7(5)12-2/h4H2,1-3H3. The van der Waals surface area contributed by atoms with E-state index in [-0.39, 0.29) is 6.01 Å². The molecule has 1 rings (SSSR count). The van der Waals surface area contributed by atoms with E-state index in [1.807, 2.05) is 6.92 Å². The van der Waals surface area contributed by atoms with Crippen molar-refractivity contribution in [3.63, 3.8) is 0 Å². The molecular weight excluding hydrogens is 192 g/mol. The molecule has 0 radical (unpaired) electrons. The van der Waals surface area contributed by atoms with Crippen molar-refractivity contribution in [2.75, 3.05) is 14.2 Å². The number of halogens is 1. The first-order chi connectivity index (χ1) is 6.22. The highest BCUT2D eigenvalue weighted by molar-refractivity contribution is 6.30. The van der Waals surface area contributed by atoms with Crippen LogP contribution in [0.4, 0.5) is 0 Å². The largest absolute Gasteiger partial charge is 0.481 e. The van der Waals surface area contributed by atoms with E-state index in [2.05, 4.69) is 9.97 Å². The number of aromatic nitrogens is 2. The van der Waals surface area contributed by atoms with Crippen molar-refractivity contribution in [2.45, 2.75) is 13.3 Å². The Bertz CT molecular complexity index is 304. The fourth-order valence-corrected chi connectivity index (χ4v) is 1.26. The zero-order valence-electron chi connectivity index (χ0n) is 7.80. The Morgan fingerprint density at radius 2 is 1.92 bits per heavy atom. The Kier molecular flexibility index (Phi) is 3.31. The molecule has 0 saturated carbocycles. The molecule has 0 amide bonds. The second-order valence-electron chi connectivity index (χ2n) is 2.34. The molecule has 0 aromatic carbocycles. The molecule has 72 valence electrons. The zero-order valence-corrected chi connectivity index (χ0v) is 8.55. The Morgan fingerprint density at radius 1 is 1.23 bits per heavy atom. The minimum absolute atomic E-state index is 0.221. The summed E-state index contributed by atoms with van der Waals surface area (Å²) in [5, 5.41) is 0.381. The van der Waals surface area contributed by atoms with Crippen molar-refractivity contribution >= 4 is 11.6 Å². The van der Waals surface area contributed by atoms with Crippen molar-refractivity contribution in [3.05, 3.63) is 10.7 Å². The van der Waals surface area contributed by atoms with Gasteiger partial charge < -0.3 is 9.47 Å². The van der Waals surface area contributed by atoms with Crippen LogP contribution in [0.25, 0.3) is 0 Å². The minimum atomic E-state index is 0.221. The average Bonchev–Trinajstić information content (AvgIpc) is 2.16. The average molecular weight is 203 g/mol. The summed E-state index contributed by atoms with van der Waals surface area (Å²) in [4.78, 5) is 7.92. The first-order valence-electron chi connectivity index (χ1n) is 3.87. The predicted octanol–water partition coefficient (Wildman–Crippen LogP) is 1.71. The molecule has 0 saturated heterocycles. The number of ether oxygens (including phenoxy) is 2. The van der Waals surface area contributed by atoms with Gasteiger partial charge in [-0.05, 0) is 6.42 Å². The van der Waals surface area contributed by atoms with Crippen LogP contribution in [0.3, 0.4) is 0 Å². The quantitative estimate of drug-likeness (QED) is 0.700. The fourth-order valence-electron chi connectivity index (χ4n) is 0.976. The molecule has 0 unspecified atom stereocenters. The normalized spacial score (nSPS) is 9.85. The fraction of sp³-hybridized carbons (Fsp3) is 0.500. The van der Waals surface area contributed by atoms with Crippen molar-refractivity contribution in [1.29, 1.82) is 0 Å². The maximum Gasteiger partial charge on any atom is 0.320 e. The smallest absolute Gasteiger partial charge is 0.320 e. The van der Waals surface area contributed by atoms with Crippen LogP contribution in [-0.2, 0) is 6.42 Å². The predicted molar refractivity (Wildman–Crippen MR) is 49.5 cm³/mol. The molecule has 4 nitrogen and oxygen atoms in total. The minimum Gasteiger partial charge on any atom is -0.481 e. The van der Waals surface area contributed by atoms with Crippen molar-refractivity contribution in [1.82, 2.24) is 9.97 Å². The molecule has 0 spiro atoms. The Hall–Kier alpha value is -1.03. The van der Waals surface area contributed by atoms with Crippen LogP contribution in [0.5, 0.6) is 11.9 Å². The molecule has 0 aliphatic carbocycles. The molecule has 5 heteroatoms. The maximum atomic E-state index is 5.88. The molecule has 1 heterocycles. The zero-order chi connectivity index (χ0) is 9.84. The molecule has 1 aromatic rings. The lowest BCUT2D eigenvalue weighted by molar-refractivity contribution is 0.349. The van der Waals surface area contributed by atoms with E-state index >= 15 is 0 Å². The van der Waals surface area contributed by atoms with E-state index < -0.39 is 0 Å². The van der Waals surface area contributed by atoms with Crippen LogP contribution < -0.4 is 9.47 Å². The molecule has 0 N–H and O–H groups in total. The first kappa shape index (κ1) is 10.1. The maximum absolute atomic E-state index is 5.88. The summed E-state index contributed by atoms with van der Waals surface area (Å²) in [6.07, 6.45) is 0.728. The summed E-state index contributed by atoms with van der Waals surface area (Å²) in [5.74, 6) is 0.472. The van der Waals surface area contributed by atoms with Gasteiger partial charge in [-0.15, -0.1) is 0 Å². The van der Waals surface area contributed by atoms with Crippen molar-refractivity contribution in [3.8, 4) is 11.9 Å². The van der Waals surface area contributed by atoms with Gasteiger partial charge in [0.1, 0.15) is 5.15 Å². The van der Waals surface area contributed by atoms with Gasteiger partial charge in [-0.1, -0.05) is 18.5 Å². The van der Waals surface area contributed by atoms with Crippen LogP contribution in [0, 0.1) is 0 Å². The van der Waals surface area contributed by atoms with E-state index in [0.29, 0.717) is 11.0 Å². The highest BCUT2D eigenvalue weighted by Gasteiger charge is 2.11. The van der Waals surface area contributed by atoms with Gasteiger partial charge in [0.2, 0.25) is 5.88 Å². The molecule has 0 bridgehead atoms. The second-order valence-corrected chi connectivity index (χ2v) is 2.70. The van der Waals surface area contributed by atoms with Gasteiger partial charge in [0.15, 0.2) is 0 Å². The molecule has 1 aromatic heterocycles. The van der Waals surface area contributed by atoms with Gasteiger partial charge in [-0.3, -0.25) is 0 Å². The summed E-state index contributed by atoms with van der Waals surface area (Å²) >= 11 is 5.88. The van der Waals surface area contributed by atoms with Crippen molar-refractivity contribution < 1.29 is 9.47 Å². The third kappa shape index (κ3) is 2.01. The van der Waals surface area contributed by atoms with Crippen LogP contribution in [-0.4, -0.2) is 24.2 Å². The van der Waals surface area contributed by atoms with E-state index in [1.165, 1.54) is 14.2 Å². The number of nitrogens with zero attached hydrogens (tertiary/aromatic N) is 2. The summed E-state index contributed by atoms with van der Waals surface area (Å²) in [7, 11) is 3.02. The number of rotatable bonds is 3. The highest BCUT2D eigenvalue weighted by Crippen LogP contribution is 2.25. The third-order valence-electron chi connectivity index (χ3n) is 1.63. The summed E-state index contributed by atoms with van der Waals surface area (Å²) < 4.78 is 9.89. The Balaban J connectivity index is 3.20. The van der Waals surface area contributed by atoms with Crippen LogP contribution in [0.15, 0.2) is 0 Å². The molecule has 0 aliphatic heterocycles. The van der Waals surface area contributed by atoms with E-state index in [1.54, 1.807) is 0 Å². The van der Waals surface area contributed by atoms with Gasteiger partial charge in [0.05, 0.1) is 19.8 Å². The van der Waals surface area contributed by atoms with E-state index in [0.717, 1.165) is 12.0 Å². The van der Waals surface area contributed by atoms with E-state index in [9.17, 15) is 0 Å². The van der Waals surface area contributed by atoms with Gasteiger partial charge in [0.25, 0.3) is 0 Å². The van der Waals surface area contributed by atoms with Gasteiger partial charge in [0, 0.05) is 0 Å². The first-order valence-corrected chi connectivity index (χ1v) is 4.25. The number of hydrogen-bond acceptors (Lipinski definition) is 4. The lowest BCUT2D eigenvalue weighted by Gasteiger charge is -2.07. The van der Waals surface area contributed by atoms with Crippen molar-refractivity contribution in [2.24, 2.45) is 0 Å². The molecule has 13 heavy (non-hydrogen) atoms. The lowest BCUT2D eigenvalue weighted by atomic mass is 10.2. The second kappa shape index (κ2) is 4.28. The van der Waals surface area contributed by atoms with Gasteiger partial charge in [-0.2, -0.15) is 9.97 Å². The SMILES string of the molecule is CCc1c(Cl)nc(OC)nc1OC. The monoisotopic (exact) mass is 202 g/mol. The van der Waals surface area contributed by atoms with Crippen LogP contribution in [0.2, 0.25) is 5.15 Å². The number of methoxy groups -OCH3 is 2. The number of hydrogen-bond donors (Lipinski definition) is 0. The molecule has 0 aliphatic rings. The van der Waals surface area contributed by atoms with Gasteiger partial charge in [-0.25, -0.2) is 0 Å². The molecule has 0 fully saturated rings.